The first-order valence-electron chi connectivity index (χ1n) is 7.97. The fraction of sp³-hybridized carbons (Fsp3) is 0.250. The first-order valence-corrected chi connectivity index (χ1v) is 7.97. The number of aryl methyl sites for hydroxylation is 1. The van der Waals surface area contributed by atoms with Crippen LogP contribution in [-0.2, 0) is 6.42 Å². The van der Waals surface area contributed by atoms with E-state index in [-0.39, 0.29) is 0 Å². The number of nitrogens with zero attached hydrogens (tertiary/aromatic N) is 3. The number of hydrogen-bond acceptors (Lipinski definition) is 3. The highest BCUT2D eigenvalue weighted by Gasteiger charge is 2.07. The van der Waals surface area contributed by atoms with Crippen LogP contribution in [0.1, 0.15) is 25.2 Å². The van der Waals surface area contributed by atoms with Gasteiger partial charge in [0.25, 0.3) is 0 Å². The lowest BCUT2D eigenvalue weighted by Gasteiger charge is -2.08. The second kappa shape index (κ2) is 6.69. The van der Waals surface area contributed by atoms with Crippen LogP contribution >= 0.6 is 0 Å². The fourth-order valence-electron chi connectivity index (χ4n) is 2.59. The quantitative estimate of drug-likeness (QED) is 0.700. The highest BCUT2D eigenvalue weighted by molar-refractivity contribution is 5.71. The van der Waals surface area contributed by atoms with Gasteiger partial charge in [0, 0.05) is 36.1 Å². The zero-order chi connectivity index (χ0) is 16.2. The molecule has 116 valence electrons. The topological polar surface area (TPSA) is 38.7 Å². The summed E-state index contributed by atoms with van der Waals surface area (Å²) < 4.78 is 0. The first-order chi connectivity index (χ1) is 11.1. The average Bonchev–Trinajstić information content (AvgIpc) is 2.55. The van der Waals surface area contributed by atoms with Crippen molar-refractivity contribution in [3.05, 3.63) is 66.4 Å². The fourth-order valence-corrected chi connectivity index (χ4v) is 2.59. The van der Waals surface area contributed by atoms with Crippen LogP contribution < -0.4 is 0 Å². The van der Waals surface area contributed by atoms with Gasteiger partial charge in [0.1, 0.15) is 5.82 Å². The van der Waals surface area contributed by atoms with Crippen molar-refractivity contribution >= 4 is 0 Å². The van der Waals surface area contributed by atoms with Crippen molar-refractivity contribution in [1.29, 1.82) is 0 Å². The van der Waals surface area contributed by atoms with Crippen molar-refractivity contribution in [2.75, 3.05) is 0 Å². The lowest BCUT2D eigenvalue weighted by Crippen LogP contribution is -2.00. The van der Waals surface area contributed by atoms with Crippen LogP contribution in [0.2, 0.25) is 0 Å². The van der Waals surface area contributed by atoms with Crippen LogP contribution in [0.4, 0.5) is 0 Å². The van der Waals surface area contributed by atoms with E-state index >= 15 is 0 Å². The summed E-state index contributed by atoms with van der Waals surface area (Å²) >= 11 is 0. The van der Waals surface area contributed by atoms with E-state index in [0.717, 1.165) is 34.6 Å². The normalized spacial score (nSPS) is 11.0. The Balaban J connectivity index is 1.92. The molecule has 0 aliphatic rings. The molecule has 3 aromatic rings. The minimum atomic E-state index is 0.564. The molecule has 0 N–H and O–H groups in total. The molecule has 0 atom stereocenters. The molecule has 0 aliphatic heterocycles. The summed E-state index contributed by atoms with van der Waals surface area (Å²) in [6.07, 6.45) is 6.56. The van der Waals surface area contributed by atoms with E-state index in [0.29, 0.717) is 5.92 Å². The number of hydrogen-bond donors (Lipinski definition) is 0. The molecule has 0 unspecified atom stereocenters. The van der Waals surface area contributed by atoms with Gasteiger partial charge in [-0.05, 0) is 36.1 Å². The van der Waals surface area contributed by atoms with Gasteiger partial charge in [-0.15, -0.1) is 0 Å². The summed E-state index contributed by atoms with van der Waals surface area (Å²) in [6, 6.07) is 12.4. The summed E-state index contributed by atoms with van der Waals surface area (Å²) in [7, 11) is 0. The predicted octanol–water partition coefficient (Wildman–Crippen LogP) is 4.71. The third kappa shape index (κ3) is 3.62. The summed E-state index contributed by atoms with van der Waals surface area (Å²) in [6.45, 7) is 6.46. The molecular weight excluding hydrogens is 282 g/mol. The Morgan fingerprint density at radius 1 is 0.913 bits per heavy atom. The molecule has 2 aromatic heterocycles. The Labute approximate surface area is 137 Å². The molecule has 3 heteroatoms. The third-order valence-electron chi connectivity index (χ3n) is 3.81. The van der Waals surface area contributed by atoms with Crippen LogP contribution in [0.25, 0.3) is 22.4 Å². The SMILES string of the molecule is Cc1ccccc1-c1cc(-c2cnc(CC(C)C)nc2)ccn1. The van der Waals surface area contributed by atoms with E-state index in [1.165, 1.54) is 5.56 Å². The van der Waals surface area contributed by atoms with Gasteiger partial charge in [0.2, 0.25) is 0 Å². The molecule has 0 bridgehead atoms. The largest absolute Gasteiger partial charge is 0.256 e. The van der Waals surface area contributed by atoms with Crippen LogP contribution in [0.15, 0.2) is 55.0 Å². The van der Waals surface area contributed by atoms with E-state index in [2.05, 4.69) is 53.9 Å². The van der Waals surface area contributed by atoms with Gasteiger partial charge < -0.3 is 0 Å². The lowest BCUT2D eigenvalue weighted by molar-refractivity contribution is 0.620. The van der Waals surface area contributed by atoms with E-state index < -0.39 is 0 Å². The van der Waals surface area contributed by atoms with Crippen molar-refractivity contribution in [3.63, 3.8) is 0 Å². The zero-order valence-corrected chi connectivity index (χ0v) is 13.8. The minimum Gasteiger partial charge on any atom is -0.256 e. The highest BCUT2D eigenvalue weighted by atomic mass is 14.9. The van der Waals surface area contributed by atoms with Crippen LogP contribution in [-0.4, -0.2) is 15.0 Å². The first kappa shape index (κ1) is 15.3. The number of aromatic nitrogens is 3. The molecule has 23 heavy (non-hydrogen) atoms. The second-order valence-corrected chi connectivity index (χ2v) is 6.23. The molecule has 0 fully saturated rings. The van der Waals surface area contributed by atoms with Crippen molar-refractivity contribution in [1.82, 2.24) is 15.0 Å². The van der Waals surface area contributed by atoms with Crippen molar-refractivity contribution in [2.45, 2.75) is 27.2 Å². The Bertz CT molecular complexity index is 792. The predicted molar refractivity (Wildman–Crippen MR) is 94.0 cm³/mol. The summed E-state index contributed by atoms with van der Waals surface area (Å²) in [5.41, 5.74) is 5.48. The maximum absolute atomic E-state index is 4.51. The van der Waals surface area contributed by atoms with E-state index in [1.807, 2.05) is 36.8 Å². The highest BCUT2D eigenvalue weighted by Crippen LogP contribution is 2.25. The van der Waals surface area contributed by atoms with Crippen molar-refractivity contribution < 1.29 is 0 Å². The second-order valence-electron chi connectivity index (χ2n) is 6.23. The Kier molecular flexibility index (Phi) is 4.47. The van der Waals surface area contributed by atoms with Crippen molar-refractivity contribution in [2.24, 2.45) is 5.92 Å². The Morgan fingerprint density at radius 2 is 1.65 bits per heavy atom. The zero-order valence-electron chi connectivity index (χ0n) is 13.8. The maximum Gasteiger partial charge on any atom is 0.128 e. The van der Waals surface area contributed by atoms with Gasteiger partial charge in [-0.1, -0.05) is 38.1 Å². The van der Waals surface area contributed by atoms with E-state index in [9.17, 15) is 0 Å². The van der Waals surface area contributed by atoms with Gasteiger partial charge in [-0.25, -0.2) is 9.97 Å². The summed E-state index contributed by atoms with van der Waals surface area (Å²) in [5.74, 6) is 1.46. The molecule has 3 nitrogen and oxygen atoms in total. The van der Waals surface area contributed by atoms with Crippen molar-refractivity contribution in [3.8, 4) is 22.4 Å². The van der Waals surface area contributed by atoms with Gasteiger partial charge >= 0.3 is 0 Å². The minimum absolute atomic E-state index is 0.564. The lowest BCUT2D eigenvalue weighted by atomic mass is 10.0. The third-order valence-corrected chi connectivity index (χ3v) is 3.81. The molecule has 0 spiro atoms. The van der Waals surface area contributed by atoms with Gasteiger partial charge in [-0.3, -0.25) is 4.98 Å². The molecule has 1 aromatic carbocycles. The van der Waals surface area contributed by atoms with Crippen LogP contribution in [0, 0.1) is 12.8 Å². The number of benzene rings is 1. The van der Waals surface area contributed by atoms with E-state index in [4.69, 9.17) is 0 Å². The van der Waals surface area contributed by atoms with E-state index in [1.54, 1.807) is 0 Å². The molecule has 3 rings (SSSR count). The van der Waals surface area contributed by atoms with Crippen LogP contribution in [0.3, 0.4) is 0 Å². The average molecular weight is 303 g/mol. The van der Waals surface area contributed by atoms with Gasteiger partial charge in [0.05, 0.1) is 5.69 Å². The molecule has 0 saturated carbocycles. The number of rotatable bonds is 4. The summed E-state index contributed by atoms with van der Waals surface area (Å²) in [5, 5.41) is 0. The Hall–Kier alpha value is -2.55. The van der Waals surface area contributed by atoms with Gasteiger partial charge in [0.15, 0.2) is 0 Å². The van der Waals surface area contributed by atoms with Gasteiger partial charge in [-0.2, -0.15) is 0 Å². The Morgan fingerprint density at radius 3 is 2.35 bits per heavy atom. The molecule has 0 saturated heterocycles. The molecule has 0 aliphatic carbocycles. The standard InChI is InChI=1S/C20H21N3/c1-14(2)10-20-22-12-17(13-23-20)16-8-9-21-19(11-16)18-7-5-4-6-15(18)3/h4-9,11-14H,10H2,1-3H3. The molecule has 2 heterocycles. The monoisotopic (exact) mass is 303 g/mol. The molecule has 0 amide bonds. The maximum atomic E-state index is 4.51. The molecule has 0 radical (unpaired) electrons. The smallest absolute Gasteiger partial charge is 0.128 e. The summed E-state index contributed by atoms with van der Waals surface area (Å²) in [4.78, 5) is 13.5. The van der Waals surface area contributed by atoms with Crippen LogP contribution in [0.5, 0.6) is 0 Å². The molecular formula is C20H21N3. The number of pyridine rings is 1.